The van der Waals surface area contributed by atoms with Gasteiger partial charge in [-0.2, -0.15) is 0 Å². The molecule has 0 bridgehead atoms. The number of nitrogens with zero attached hydrogens (tertiary/aromatic N) is 2. The van der Waals surface area contributed by atoms with E-state index in [-0.39, 0.29) is 74.7 Å². The van der Waals surface area contributed by atoms with E-state index < -0.39 is 108 Å². The number of ketones is 2. The number of benzene rings is 2. The van der Waals surface area contributed by atoms with Crippen molar-refractivity contribution in [2.75, 3.05) is 12.3 Å². The molecule has 6 amide bonds. The molecule has 3 aliphatic heterocycles. The molecular weight excluding hydrogens is 959 g/mol. The maximum Gasteiger partial charge on any atom is 0.327 e. The van der Waals surface area contributed by atoms with Crippen molar-refractivity contribution in [2.24, 2.45) is 5.92 Å². The highest BCUT2D eigenvalue weighted by atomic mass is 32.2. The normalized spacial score (nSPS) is 20.6. The van der Waals surface area contributed by atoms with E-state index in [9.17, 15) is 68.1 Å². The second-order valence-corrected chi connectivity index (χ2v) is 19.4. The molecule has 390 valence electrons. The molecular formula is C49H63N7O15S. The fourth-order valence-electron chi connectivity index (χ4n) is 9.05. The van der Waals surface area contributed by atoms with Gasteiger partial charge in [-0.3, -0.25) is 48.7 Å². The van der Waals surface area contributed by atoms with Crippen molar-refractivity contribution in [3.8, 4) is 0 Å². The van der Waals surface area contributed by atoms with Crippen molar-refractivity contribution in [1.29, 1.82) is 0 Å². The van der Waals surface area contributed by atoms with Gasteiger partial charge in [0, 0.05) is 50.3 Å². The van der Waals surface area contributed by atoms with Gasteiger partial charge in [-0.25, -0.2) is 19.2 Å². The summed E-state index contributed by atoms with van der Waals surface area (Å²) in [6.07, 6.45) is 3.05. The summed E-state index contributed by atoms with van der Waals surface area (Å²) in [5, 5.41) is 49.0. The number of carbonyl (C=O) groups is 11. The minimum absolute atomic E-state index is 0.0662. The summed E-state index contributed by atoms with van der Waals surface area (Å²) in [4.78, 5) is 142. The maximum atomic E-state index is 14.2. The average molecular weight is 1020 g/mol. The maximum absolute atomic E-state index is 14.2. The Morgan fingerprint density at radius 1 is 0.681 bits per heavy atom. The molecule has 3 heterocycles. The summed E-state index contributed by atoms with van der Waals surface area (Å²) in [7, 11) is 0. The first-order valence-corrected chi connectivity index (χ1v) is 25.0. The molecule has 2 aromatic rings. The average Bonchev–Trinajstić information content (AvgIpc) is 3.92. The highest BCUT2D eigenvalue weighted by Gasteiger charge is 2.69. The molecule has 0 aromatic heterocycles. The van der Waals surface area contributed by atoms with Gasteiger partial charge in [-0.1, -0.05) is 98.1 Å². The monoisotopic (exact) mass is 1020 g/mol. The van der Waals surface area contributed by atoms with Gasteiger partial charge in [0.2, 0.25) is 28.7 Å². The second kappa shape index (κ2) is 26.5. The highest BCUT2D eigenvalue weighted by Crippen LogP contribution is 2.49. The van der Waals surface area contributed by atoms with Crippen LogP contribution in [0.4, 0.5) is 4.79 Å². The third-order valence-electron chi connectivity index (χ3n) is 12.9. The van der Waals surface area contributed by atoms with Crippen molar-refractivity contribution in [3.05, 3.63) is 71.8 Å². The number of carboxylic acid groups (broad SMARTS) is 4. The number of amides is 6. The summed E-state index contributed by atoms with van der Waals surface area (Å²) in [5.41, 5.74) is 1.58. The Kier molecular flexibility index (Phi) is 20.7. The van der Waals surface area contributed by atoms with Crippen LogP contribution in [0.1, 0.15) is 102 Å². The number of thioether (sulfide) groups is 1. The van der Waals surface area contributed by atoms with Crippen molar-refractivity contribution in [3.63, 3.8) is 0 Å². The number of nitrogens with one attached hydrogen (secondary N) is 5. The fraction of sp³-hybridized carbons (Fsp3) is 0.531. The SMILES string of the molecule is CC1C(=O)N2[C@H](C(=O)O)CSC23N[C@@H](CNC(=O)[C@@H](CC(=O)[C@H](Cc2ccccc2)NC(=O)CCCCCCCCC(=O)CC[C@H](NC(=O)N[C@@H](CCC(=O)O)C(=O)O)C(=O)O)Cc2ccccc2)C(=O)N13. The molecule has 3 fully saturated rings. The second-order valence-electron chi connectivity index (χ2n) is 18.2. The first kappa shape index (κ1) is 56.0. The molecule has 72 heavy (non-hydrogen) atoms. The van der Waals surface area contributed by atoms with Gasteiger partial charge in [0.25, 0.3) is 0 Å². The van der Waals surface area contributed by atoms with Gasteiger partial charge >= 0.3 is 29.9 Å². The van der Waals surface area contributed by atoms with Crippen LogP contribution in [0.15, 0.2) is 60.7 Å². The van der Waals surface area contributed by atoms with E-state index in [2.05, 4.69) is 21.3 Å². The molecule has 3 aliphatic rings. The summed E-state index contributed by atoms with van der Waals surface area (Å²) in [5.74, 6) is -8.59. The lowest BCUT2D eigenvalue weighted by atomic mass is 9.89. The molecule has 23 heteroatoms. The zero-order chi connectivity index (χ0) is 52.5. The zero-order valence-corrected chi connectivity index (χ0v) is 40.7. The van der Waals surface area contributed by atoms with Crippen LogP contribution in [0.5, 0.6) is 0 Å². The van der Waals surface area contributed by atoms with Crippen LogP contribution in [-0.4, -0.2) is 149 Å². The lowest BCUT2D eigenvalue weighted by Crippen LogP contribution is -2.58. The third-order valence-corrected chi connectivity index (χ3v) is 14.3. The Morgan fingerprint density at radius 3 is 1.81 bits per heavy atom. The molecule has 9 N–H and O–H groups in total. The number of hydrogen-bond acceptors (Lipinski definition) is 13. The van der Waals surface area contributed by atoms with E-state index in [4.69, 9.17) is 5.11 Å². The number of urea groups is 1. The third kappa shape index (κ3) is 15.3. The summed E-state index contributed by atoms with van der Waals surface area (Å²) in [6, 6.07) is 10.1. The highest BCUT2D eigenvalue weighted by molar-refractivity contribution is 8.00. The molecule has 5 rings (SSSR count). The van der Waals surface area contributed by atoms with E-state index in [0.717, 1.165) is 35.7 Å². The van der Waals surface area contributed by atoms with Gasteiger partial charge in [0.1, 0.15) is 36.0 Å². The van der Waals surface area contributed by atoms with Crippen LogP contribution in [-0.2, 0) is 60.8 Å². The summed E-state index contributed by atoms with van der Waals surface area (Å²) in [6.45, 7) is 1.34. The van der Waals surface area contributed by atoms with Crippen LogP contribution in [0, 0.1) is 5.92 Å². The number of hydrogen-bond donors (Lipinski definition) is 9. The fourth-order valence-corrected chi connectivity index (χ4v) is 10.7. The van der Waals surface area contributed by atoms with E-state index in [1.165, 1.54) is 16.7 Å². The predicted octanol–water partition coefficient (Wildman–Crippen LogP) is 2.03. The van der Waals surface area contributed by atoms with Gasteiger partial charge in [0.15, 0.2) is 5.78 Å². The largest absolute Gasteiger partial charge is 0.481 e. The minimum atomic E-state index is -1.55. The summed E-state index contributed by atoms with van der Waals surface area (Å²) < 4.78 is 0. The summed E-state index contributed by atoms with van der Waals surface area (Å²) >= 11 is 1.13. The quantitative estimate of drug-likeness (QED) is 0.0488. The first-order chi connectivity index (χ1) is 34.3. The molecule has 8 atom stereocenters. The standard InChI is InChI=1S/C49H63N7O15S/c1-29-43(63)56-38(47(69)70)28-72-49(56)54-37(44(64)55(29)49)27-50-42(62)32(24-30-14-8-6-9-15-30)26-39(58)36(25-31-16-10-7-11-17-31)51-40(59)19-13-5-3-2-4-12-18-33(57)20-21-34(45(65)66)52-48(71)53-35(46(67)68)22-23-41(60)61/h6-11,14-17,29,32,34-38,54H,2-5,12-13,18-28H2,1H3,(H,50,62)(H,51,59)(H,60,61)(H,65,66)(H,67,68)(H,69,70)(H2,52,53,71)/t29?,32-,34+,35+,36+,37+,38+,49?/m1/s1. The first-order valence-electron chi connectivity index (χ1n) is 24.1. The van der Waals surface area contributed by atoms with E-state index in [1.54, 1.807) is 0 Å². The van der Waals surface area contributed by atoms with Crippen LogP contribution < -0.4 is 26.6 Å². The smallest absolute Gasteiger partial charge is 0.327 e. The predicted molar refractivity (Wildman–Crippen MR) is 258 cm³/mol. The number of rotatable bonds is 31. The molecule has 3 saturated heterocycles. The topological polar surface area (TPSA) is 335 Å². The molecule has 0 aliphatic carbocycles. The zero-order valence-electron chi connectivity index (χ0n) is 39.9. The van der Waals surface area contributed by atoms with Gasteiger partial charge < -0.3 is 41.7 Å². The lowest BCUT2D eigenvalue weighted by molar-refractivity contribution is -0.149. The number of unbranched alkanes of at least 4 members (excludes halogenated alkanes) is 5. The number of aliphatic carboxylic acids is 4. The molecule has 2 aromatic carbocycles. The van der Waals surface area contributed by atoms with E-state index in [1.807, 2.05) is 66.0 Å². The van der Waals surface area contributed by atoms with Crippen LogP contribution in [0.25, 0.3) is 0 Å². The van der Waals surface area contributed by atoms with Crippen LogP contribution in [0.2, 0.25) is 0 Å². The molecule has 22 nitrogen and oxygen atoms in total. The minimum Gasteiger partial charge on any atom is -0.481 e. The van der Waals surface area contributed by atoms with Crippen molar-refractivity contribution in [1.82, 2.24) is 36.4 Å². The molecule has 0 saturated carbocycles. The van der Waals surface area contributed by atoms with Gasteiger partial charge in [-0.05, 0) is 56.6 Å². The van der Waals surface area contributed by atoms with Crippen molar-refractivity contribution < 1.29 is 73.2 Å². The lowest BCUT2D eigenvalue weighted by Gasteiger charge is -2.33. The Labute approximate surface area is 419 Å². The number of carbonyl (C=O) groups excluding carboxylic acids is 7. The number of Topliss-reactive ketones (excluding diaryl/α,β-unsaturated/α-hetero) is 2. The molecule has 0 radical (unpaired) electrons. The Hall–Kier alpha value is -6.88. The van der Waals surface area contributed by atoms with Crippen molar-refractivity contribution >= 4 is 76.9 Å². The molecule has 1 spiro atoms. The van der Waals surface area contributed by atoms with Crippen LogP contribution >= 0.6 is 11.8 Å². The Bertz CT molecular complexity index is 2320. The van der Waals surface area contributed by atoms with Crippen molar-refractivity contribution in [2.45, 2.75) is 145 Å². The molecule has 2 unspecified atom stereocenters. The Morgan fingerprint density at radius 2 is 1.24 bits per heavy atom. The van der Waals surface area contributed by atoms with Gasteiger partial charge in [-0.15, -0.1) is 0 Å². The van der Waals surface area contributed by atoms with Crippen LogP contribution in [0.3, 0.4) is 0 Å². The number of carboxylic acids is 4. The Balaban J connectivity index is 1.07. The van der Waals surface area contributed by atoms with E-state index in [0.29, 0.717) is 25.7 Å². The van der Waals surface area contributed by atoms with E-state index >= 15 is 0 Å². The van der Waals surface area contributed by atoms with Gasteiger partial charge in [0.05, 0.1) is 6.04 Å².